The largest absolute Gasteiger partial charge is 0.378 e. The highest BCUT2D eigenvalue weighted by Gasteiger charge is 2.35. The highest BCUT2D eigenvalue weighted by Crippen LogP contribution is 2.39. The van der Waals surface area contributed by atoms with E-state index in [2.05, 4.69) is 25.8 Å². The molecule has 2 aromatic heterocycles. The predicted molar refractivity (Wildman–Crippen MR) is 141 cm³/mol. The van der Waals surface area contributed by atoms with Crippen molar-refractivity contribution in [3.05, 3.63) is 72.1 Å². The molecule has 7 rings (SSSR count). The number of nitrogens with zero attached hydrogens (tertiary/aromatic N) is 2. The molecule has 188 valence electrons. The van der Waals surface area contributed by atoms with Gasteiger partial charge in [-0.3, -0.25) is 14.9 Å². The normalized spacial score (nSPS) is 20.7. The third-order valence-corrected chi connectivity index (χ3v) is 7.70. The Hall–Kier alpha value is -3.72. The third-order valence-electron chi connectivity index (χ3n) is 7.70. The number of hydrogen-bond donors (Lipinski definition) is 2. The second-order valence-corrected chi connectivity index (χ2v) is 9.96. The Morgan fingerprint density at radius 1 is 0.838 bits per heavy atom. The van der Waals surface area contributed by atoms with Crippen LogP contribution in [0.2, 0.25) is 0 Å². The van der Waals surface area contributed by atoms with Crippen LogP contribution in [-0.4, -0.2) is 59.5 Å². The molecule has 37 heavy (non-hydrogen) atoms. The van der Waals surface area contributed by atoms with Crippen LogP contribution in [0.1, 0.15) is 17.5 Å². The lowest BCUT2D eigenvalue weighted by molar-refractivity contribution is -0.122. The Bertz CT molecular complexity index is 1580. The van der Waals surface area contributed by atoms with Crippen molar-refractivity contribution in [3.63, 3.8) is 0 Å². The highest BCUT2D eigenvalue weighted by molar-refractivity contribution is 6.50. The van der Waals surface area contributed by atoms with Crippen molar-refractivity contribution < 1.29 is 19.1 Å². The smallest absolute Gasteiger partial charge is 0.259 e. The number of carbonyl (C=O) groups is 2. The molecule has 3 aliphatic rings. The van der Waals surface area contributed by atoms with Crippen molar-refractivity contribution in [2.24, 2.45) is 0 Å². The Morgan fingerprint density at radius 2 is 1.43 bits per heavy atom. The summed E-state index contributed by atoms with van der Waals surface area (Å²) in [5.41, 5.74) is 4.48. The molecule has 2 N–H and O–H groups in total. The van der Waals surface area contributed by atoms with Gasteiger partial charge in [-0.15, -0.1) is 0 Å². The quantitative estimate of drug-likeness (QED) is 0.426. The average Bonchev–Trinajstić information content (AvgIpc) is 3.51. The minimum absolute atomic E-state index is 0.0283. The fourth-order valence-electron chi connectivity index (χ4n) is 5.73. The van der Waals surface area contributed by atoms with Crippen LogP contribution < -0.4 is 10.6 Å². The number of ether oxygens (including phenoxy) is 2. The van der Waals surface area contributed by atoms with Crippen LogP contribution in [0.3, 0.4) is 0 Å². The summed E-state index contributed by atoms with van der Waals surface area (Å²) < 4.78 is 16.1. The van der Waals surface area contributed by atoms with Gasteiger partial charge in [0.1, 0.15) is 0 Å². The summed E-state index contributed by atoms with van der Waals surface area (Å²) in [7, 11) is 0. The van der Waals surface area contributed by atoms with E-state index < -0.39 is 0 Å². The highest BCUT2D eigenvalue weighted by atomic mass is 16.5. The van der Waals surface area contributed by atoms with Gasteiger partial charge in [0.15, 0.2) is 0 Å². The van der Waals surface area contributed by atoms with Gasteiger partial charge < -0.3 is 23.9 Å². The number of nitrogens with one attached hydrogen (secondary N) is 2. The summed E-state index contributed by atoms with van der Waals surface area (Å²) in [4.78, 5) is 26.5. The summed E-state index contributed by atoms with van der Waals surface area (Å²) >= 11 is 0. The predicted octanol–water partition coefficient (Wildman–Crippen LogP) is 2.94. The van der Waals surface area contributed by atoms with Gasteiger partial charge >= 0.3 is 0 Å². The summed E-state index contributed by atoms with van der Waals surface area (Å²) in [6, 6.07) is 16.5. The first-order chi connectivity index (χ1) is 18.2. The van der Waals surface area contributed by atoms with Crippen LogP contribution in [0.4, 0.5) is 0 Å². The molecule has 1 atom stereocenters. The summed E-state index contributed by atoms with van der Waals surface area (Å²) in [6.45, 7) is 4.17. The minimum Gasteiger partial charge on any atom is -0.378 e. The number of amides is 2. The number of aromatic nitrogens is 2. The lowest BCUT2D eigenvalue weighted by Gasteiger charge is -2.29. The average molecular weight is 497 g/mol. The van der Waals surface area contributed by atoms with E-state index in [-0.39, 0.29) is 17.9 Å². The first kappa shape index (κ1) is 22.5. The summed E-state index contributed by atoms with van der Waals surface area (Å²) in [6.07, 6.45) is 4.85. The van der Waals surface area contributed by atoms with Crippen molar-refractivity contribution in [2.75, 3.05) is 26.4 Å². The zero-order valence-corrected chi connectivity index (χ0v) is 20.4. The van der Waals surface area contributed by atoms with Gasteiger partial charge in [0.2, 0.25) is 0 Å². The second kappa shape index (κ2) is 8.99. The molecule has 2 aromatic carbocycles. The van der Waals surface area contributed by atoms with E-state index in [1.807, 2.05) is 54.9 Å². The zero-order valence-electron chi connectivity index (χ0n) is 20.4. The van der Waals surface area contributed by atoms with Crippen molar-refractivity contribution in [1.82, 2.24) is 19.8 Å². The van der Waals surface area contributed by atoms with Crippen LogP contribution in [0.15, 0.2) is 60.9 Å². The lowest BCUT2D eigenvalue weighted by Crippen LogP contribution is -2.48. The maximum absolute atomic E-state index is 13.3. The Balaban J connectivity index is 1.40. The number of imide groups is 1. The molecule has 4 aromatic rings. The molecule has 0 saturated carbocycles. The summed E-state index contributed by atoms with van der Waals surface area (Å²) in [5.74, 6) is -0.700. The van der Waals surface area contributed by atoms with Gasteiger partial charge in [0.25, 0.3) is 11.8 Å². The molecule has 8 nitrogen and oxygen atoms in total. The molecule has 0 aliphatic carbocycles. The Morgan fingerprint density at radius 3 is 2.03 bits per heavy atom. The number of rotatable bonds is 3. The number of para-hydroxylation sites is 2. The monoisotopic (exact) mass is 496 g/mol. The number of hydrogen-bond acceptors (Lipinski definition) is 5. The molecule has 1 fully saturated rings. The molecular formula is C29H28N4O4. The Kier molecular flexibility index (Phi) is 5.46. The standard InChI is InChI=1S/C29H28N4O4/c34-28-26-22-14-32(24-7-3-1-5-20(22)24)10-9-19(13-30-18-16-36-17-18)37-12-11-33-15-23(27(26)29(35)31-28)21-6-2-4-8-25(21)33/h1-8,14-15,18-19,30H,9-13,16-17H2,(H,31,34,35)/t19-/m0/s1. The van der Waals surface area contributed by atoms with E-state index >= 15 is 0 Å². The number of carbonyl (C=O) groups excluding carboxylic acids is 2. The molecular weight excluding hydrogens is 468 g/mol. The van der Waals surface area contributed by atoms with Gasteiger partial charge in [-0.2, -0.15) is 0 Å². The van der Waals surface area contributed by atoms with Gasteiger partial charge in [-0.1, -0.05) is 36.4 Å². The van der Waals surface area contributed by atoms with Crippen molar-refractivity contribution in [3.8, 4) is 0 Å². The van der Waals surface area contributed by atoms with Gasteiger partial charge in [-0.25, -0.2) is 0 Å². The van der Waals surface area contributed by atoms with E-state index in [0.29, 0.717) is 30.3 Å². The topological polar surface area (TPSA) is 86.5 Å². The van der Waals surface area contributed by atoms with Crippen LogP contribution >= 0.6 is 0 Å². The number of fused-ring (bicyclic) bond motifs is 12. The number of benzene rings is 2. The molecule has 0 unspecified atom stereocenters. The van der Waals surface area contributed by atoms with E-state index in [4.69, 9.17) is 9.47 Å². The van der Waals surface area contributed by atoms with Crippen molar-refractivity contribution in [2.45, 2.75) is 31.7 Å². The molecule has 0 spiro atoms. The minimum atomic E-state index is -0.353. The fourth-order valence-corrected chi connectivity index (χ4v) is 5.73. The zero-order chi connectivity index (χ0) is 24.9. The maximum atomic E-state index is 13.3. The maximum Gasteiger partial charge on any atom is 0.259 e. The fraction of sp³-hybridized carbons (Fsp3) is 0.310. The molecule has 3 aliphatic heterocycles. The van der Waals surface area contributed by atoms with Gasteiger partial charge in [-0.05, 0) is 18.6 Å². The van der Waals surface area contributed by atoms with Crippen LogP contribution in [0.5, 0.6) is 0 Å². The lowest BCUT2D eigenvalue weighted by atomic mass is 9.95. The van der Waals surface area contributed by atoms with E-state index in [1.165, 1.54) is 0 Å². The van der Waals surface area contributed by atoms with E-state index in [9.17, 15) is 9.59 Å². The molecule has 0 radical (unpaired) electrons. The van der Waals surface area contributed by atoms with Crippen molar-refractivity contribution in [1.29, 1.82) is 0 Å². The molecule has 5 heterocycles. The van der Waals surface area contributed by atoms with Crippen LogP contribution in [-0.2, 0) is 32.2 Å². The number of aryl methyl sites for hydroxylation is 1. The van der Waals surface area contributed by atoms with Crippen LogP contribution in [0, 0.1) is 0 Å². The van der Waals surface area contributed by atoms with E-state index in [1.54, 1.807) is 0 Å². The molecule has 1 saturated heterocycles. The molecule has 4 bridgehead atoms. The molecule has 8 heteroatoms. The summed E-state index contributed by atoms with van der Waals surface area (Å²) in [5, 5.41) is 8.04. The van der Waals surface area contributed by atoms with E-state index in [0.717, 1.165) is 65.7 Å². The van der Waals surface area contributed by atoms with Gasteiger partial charge in [0, 0.05) is 65.0 Å². The SMILES string of the molecule is O=C1NC(=O)C2=C1c1cn(c3ccccc13)CCO[C@H](CNC1COC1)CCn1cc2c2ccccc21. The Labute approximate surface area is 213 Å². The third kappa shape index (κ3) is 3.80. The van der Waals surface area contributed by atoms with Crippen LogP contribution in [0.25, 0.3) is 33.0 Å². The molecule has 2 amide bonds. The second-order valence-electron chi connectivity index (χ2n) is 9.96. The first-order valence-corrected chi connectivity index (χ1v) is 12.9. The first-order valence-electron chi connectivity index (χ1n) is 12.9. The van der Waals surface area contributed by atoms with Crippen molar-refractivity contribution >= 4 is 44.8 Å². The van der Waals surface area contributed by atoms with Gasteiger partial charge in [0.05, 0.1) is 43.1 Å².